The first-order valence-electron chi connectivity index (χ1n) is 8.00. The van der Waals surface area contributed by atoms with Gasteiger partial charge in [0.15, 0.2) is 0 Å². The molecular formula is C19H20N2O2S. The molecule has 1 atom stereocenters. The van der Waals surface area contributed by atoms with Gasteiger partial charge >= 0.3 is 0 Å². The van der Waals surface area contributed by atoms with Gasteiger partial charge in [-0.3, -0.25) is 13.5 Å². The van der Waals surface area contributed by atoms with Crippen molar-refractivity contribution in [3.05, 3.63) is 63.9 Å². The zero-order chi connectivity index (χ0) is 17.3. The Morgan fingerprint density at radius 1 is 1.21 bits per heavy atom. The molecule has 0 aliphatic heterocycles. The molecule has 4 nitrogen and oxygen atoms in total. The van der Waals surface area contributed by atoms with Gasteiger partial charge in [0.1, 0.15) is 6.04 Å². The smallest absolute Gasteiger partial charge is 0.269 e. The highest BCUT2D eigenvalue weighted by Gasteiger charge is 2.23. The van der Waals surface area contributed by atoms with Crippen LogP contribution in [0, 0.1) is 13.8 Å². The number of aryl methyl sites for hydroxylation is 2. The van der Waals surface area contributed by atoms with Crippen molar-refractivity contribution in [2.24, 2.45) is 0 Å². The van der Waals surface area contributed by atoms with Gasteiger partial charge in [-0.25, -0.2) is 0 Å². The van der Waals surface area contributed by atoms with Crippen molar-refractivity contribution in [2.45, 2.75) is 33.2 Å². The molecule has 24 heavy (non-hydrogen) atoms. The highest BCUT2D eigenvalue weighted by atomic mass is 32.1. The Balaban J connectivity index is 1.94. The summed E-state index contributed by atoms with van der Waals surface area (Å²) in [5.74, 6) is -0.155. The third-order valence-corrected chi connectivity index (χ3v) is 5.30. The fourth-order valence-corrected chi connectivity index (χ4v) is 3.98. The highest BCUT2D eigenvalue weighted by Crippen LogP contribution is 2.23. The molecule has 0 aliphatic carbocycles. The van der Waals surface area contributed by atoms with Crippen LogP contribution in [0.15, 0.2) is 47.3 Å². The van der Waals surface area contributed by atoms with E-state index in [2.05, 4.69) is 5.32 Å². The number of aromatic nitrogens is 1. The molecule has 2 aromatic carbocycles. The van der Waals surface area contributed by atoms with Crippen molar-refractivity contribution in [2.75, 3.05) is 5.32 Å². The van der Waals surface area contributed by atoms with E-state index in [9.17, 15) is 9.59 Å². The SMILES string of the molecule is CCC(C(=O)Nc1ccc(C)cc1C)n1sc2ccccc2c1=O. The summed E-state index contributed by atoms with van der Waals surface area (Å²) in [6, 6.07) is 12.9. The molecule has 0 fully saturated rings. The maximum Gasteiger partial charge on any atom is 0.269 e. The summed E-state index contributed by atoms with van der Waals surface area (Å²) in [5.41, 5.74) is 2.86. The minimum Gasteiger partial charge on any atom is -0.324 e. The second-order valence-electron chi connectivity index (χ2n) is 5.95. The molecule has 1 unspecified atom stereocenters. The van der Waals surface area contributed by atoms with E-state index in [0.29, 0.717) is 11.8 Å². The number of amides is 1. The first-order valence-corrected chi connectivity index (χ1v) is 8.77. The normalized spacial score (nSPS) is 12.3. The number of fused-ring (bicyclic) bond motifs is 1. The molecule has 3 rings (SSSR count). The maximum atomic E-state index is 12.7. The first-order chi connectivity index (χ1) is 11.5. The van der Waals surface area contributed by atoms with E-state index in [1.807, 2.05) is 57.2 Å². The molecule has 1 N–H and O–H groups in total. The molecule has 5 heteroatoms. The third-order valence-electron chi connectivity index (χ3n) is 4.13. The van der Waals surface area contributed by atoms with Crippen molar-refractivity contribution in [3.63, 3.8) is 0 Å². The predicted octanol–water partition coefficient (Wildman–Crippen LogP) is 4.27. The summed E-state index contributed by atoms with van der Waals surface area (Å²) in [6.07, 6.45) is 0.559. The van der Waals surface area contributed by atoms with Gasteiger partial charge in [-0.2, -0.15) is 0 Å². The molecule has 0 saturated carbocycles. The van der Waals surface area contributed by atoms with Gasteiger partial charge in [0.25, 0.3) is 5.56 Å². The van der Waals surface area contributed by atoms with Gasteiger partial charge in [-0.15, -0.1) is 0 Å². The number of carbonyl (C=O) groups excluding carboxylic acids is 1. The number of nitrogens with one attached hydrogen (secondary N) is 1. The van der Waals surface area contributed by atoms with Gasteiger partial charge in [-0.05, 0) is 44.0 Å². The van der Waals surface area contributed by atoms with Gasteiger partial charge in [0.2, 0.25) is 5.91 Å². The van der Waals surface area contributed by atoms with Crippen molar-refractivity contribution in [1.29, 1.82) is 0 Å². The van der Waals surface area contributed by atoms with Gasteiger partial charge in [0.05, 0.1) is 10.1 Å². The van der Waals surface area contributed by atoms with Crippen LogP contribution in [0.3, 0.4) is 0 Å². The molecule has 1 heterocycles. The number of rotatable bonds is 4. The number of nitrogens with zero attached hydrogens (tertiary/aromatic N) is 1. The Kier molecular flexibility index (Phi) is 4.53. The van der Waals surface area contributed by atoms with Crippen molar-refractivity contribution in [1.82, 2.24) is 3.96 Å². The van der Waals surface area contributed by atoms with Crippen molar-refractivity contribution >= 4 is 33.2 Å². The topological polar surface area (TPSA) is 51.1 Å². The van der Waals surface area contributed by atoms with Crippen LogP contribution < -0.4 is 10.9 Å². The Morgan fingerprint density at radius 2 is 1.96 bits per heavy atom. The number of anilines is 1. The van der Waals surface area contributed by atoms with Crippen LogP contribution >= 0.6 is 11.5 Å². The fourth-order valence-electron chi connectivity index (χ4n) is 2.82. The first kappa shape index (κ1) is 16.5. The Labute approximate surface area is 144 Å². The third kappa shape index (κ3) is 2.99. The number of hydrogen-bond acceptors (Lipinski definition) is 3. The zero-order valence-electron chi connectivity index (χ0n) is 14.0. The van der Waals surface area contributed by atoms with Crippen LogP contribution in [0.25, 0.3) is 10.1 Å². The van der Waals surface area contributed by atoms with Crippen LogP contribution in [-0.2, 0) is 4.79 Å². The van der Waals surface area contributed by atoms with Crippen LogP contribution in [0.1, 0.15) is 30.5 Å². The second kappa shape index (κ2) is 6.61. The maximum absolute atomic E-state index is 12.7. The van der Waals surface area contributed by atoms with E-state index in [-0.39, 0.29) is 11.5 Å². The van der Waals surface area contributed by atoms with Crippen LogP contribution in [0.4, 0.5) is 5.69 Å². The number of carbonyl (C=O) groups is 1. The minimum absolute atomic E-state index is 0.0989. The van der Waals surface area contributed by atoms with Gasteiger partial charge in [0, 0.05) is 5.69 Å². The largest absolute Gasteiger partial charge is 0.324 e. The quantitative estimate of drug-likeness (QED) is 0.771. The van der Waals surface area contributed by atoms with E-state index >= 15 is 0 Å². The van der Waals surface area contributed by atoms with E-state index in [1.54, 1.807) is 10.0 Å². The number of hydrogen-bond donors (Lipinski definition) is 1. The van der Waals surface area contributed by atoms with Gasteiger partial charge in [-0.1, -0.05) is 48.3 Å². The fraction of sp³-hybridized carbons (Fsp3) is 0.263. The molecular weight excluding hydrogens is 320 g/mol. The summed E-state index contributed by atoms with van der Waals surface area (Å²) in [5, 5.41) is 3.63. The average Bonchev–Trinajstić information content (AvgIpc) is 2.88. The summed E-state index contributed by atoms with van der Waals surface area (Å²) >= 11 is 1.35. The second-order valence-corrected chi connectivity index (χ2v) is 6.97. The lowest BCUT2D eigenvalue weighted by molar-refractivity contribution is -0.119. The summed E-state index contributed by atoms with van der Waals surface area (Å²) in [7, 11) is 0. The Bertz CT molecular complexity index is 955. The predicted molar refractivity (Wildman–Crippen MR) is 100.0 cm³/mol. The van der Waals surface area contributed by atoms with Gasteiger partial charge < -0.3 is 5.32 Å². The van der Waals surface area contributed by atoms with Crippen molar-refractivity contribution in [3.8, 4) is 0 Å². The molecule has 3 aromatic rings. The molecule has 0 radical (unpaired) electrons. The minimum atomic E-state index is -0.504. The van der Waals surface area contributed by atoms with Crippen LogP contribution in [0.5, 0.6) is 0 Å². The lowest BCUT2D eigenvalue weighted by Gasteiger charge is -2.16. The summed E-state index contributed by atoms with van der Waals surface area (Å²) in [6.45, 7) is 5.91. The molecule has 1 aromatic heterocycles. The zero-order valence-corrected chi connectivity index (χ0v) is 14.8. The molecule has 0 spiro atoms. The van der Waals surface area contributed by atoms with E-state index in [0.717, 1.165) is 21.5 Å². The van der Waals surface area contributed by atoms with Crippen molar-refractivity contribution < 1.29 is 4.79 Å². The molecule has 0 bridgehead atoms. The monoisotopic (exact) mass is 340 g/mol. The Morgan fingerprint density at radius 3 is 2.62 bits per heavy atom. The standard InChI is InChI=1S/C19H20N2O2S/c1-4-16(18(22)20-15-10-9-12(2)11-13(15)3)21-19(23)14-7-5-6-8-17(14)24-21/h5-11,16H,4H2,1-3H3,(H,20,22). The highest BCUT2D eigenvalue weighted by molar-refractivity contribution is 7.14. The van der Waals surface area contributed by atoms with Crippen LogP contribution in [0.2, 0.25) is 0 Å². The molecule has 0 saturated heterocycles. The van der Waals surface area contributed by atoms with E-state index in [4.69, 9.17) is 0 Å². The van der Waals surface area contributed by atoms with E-state index in [1.165, 1.54) is 11.5 Å². The number of benzene rings is 2. The Hall–Kier alpha value is -2.40. The molecule has 1 amide bonds. The van der Waals surface area contributed by atoms with E-state index < -0.39 is 6.04 Å². The lowest BCUT2D eigenvalue weighted by atomic mass is 10.1. The van der Waals surface area contributed by atoms with Crippen LogP contribution in [-0.4, -0.2) is 9.86 Å². The lowest BCUT2D eigenvalue weighted by Crippen LogP contribution is -2.30. The summed E-state index contributed by atoms with van der Waals surface area (Å²) in [4.78, 5) is 25.3. The molecule has 0 aliphatic rings. The summed E-state index contributed by atoms with van der Waals surface area (Å²) < 4.78 is 2.49. The average molecular weight is 340 g/mol. The molecule has 124 valence electrons.